The number of carboxylic acid groups (broad SMARTS) is 1. The lowest BCUT2D eigenvalue weighted by atomic mass is 9.95. The number of nitrogens with one attached hydrogen (secondary N) is 2. The van der Waals surface area contributed by atoms with Crippen LogP contribution < -0.4 is 5.32 Å². The topological polar surface area (TPSA) is 65.1 Å². The van der Waals surface area contributed by atoms with Crippen LogP contribution in [0.5, 0.6) is 0 Å². The molecule has 1 aromatic heterocycles. The minimum absolute atomic E-state index is 0.0484. The van der Waals surface area contributed by atoms with Gasteiger partial charge in [-0.25, -0.2) is 0 Å². The normalized spacial score (nSPS) is 23.6. The van der Waals surface area contributed by atoms with Gasteiger partial charge < -0.3 is 10.1 Å². The lowest BCUT2D eigenvalue weighted by molar-refractivity contribution is -0.139. The molecular formula is C13H14N2O2. The summed E-state index contributed by atoms with van der Waals surface area (Å²) in [5.41, 5.74) is 3.33. The SMILES string of the molecule is C[C@H]1NC(C(=O)O)Cc2c1[nH]c1ccccc21. The Hall–Kier alpha value is -1.81. The molecule has 1 unspecified atom stereocenters. The maximum absolute atomic E-state index is 11.1. The third-order valence-electron chi connectivity index (χ3n) is 3.44. The summed E-state index contributed by atoms with van der Waals surface area (Å²) < 4.78 is 0. The molecule has 0 radical (unpaired) electrons. The Morgan fingerprint density at radius 3 is 2.94 bits per heavy atom. The lowest BCUT2D eigenvalue weighted by Crippen LogP contribution is -2.43. The summed E-state index contributed by atoms with van der Waals surface area (Å²) in [4.78, 5) is 14.5. The number of hydrogen-bond donors (Lipinski definition) is 3. The second kappa shape index (κ2) is 3.60. The van der Waals surface area contributed by atoms with Gasteiger partial charge in [0.15, 0.2) is 0 Å². The number of carboxylic acids is 1. The van der Waals surface area contributed by atoms with Crippen molar-refractivity contribution in [3.63, 3.8) is 0 Å². The molecule has 88 valence electrons. The number of para-hydroxylation sites is 1. The van der Waals surface area contributed by atoms with Crippen LogP contribution in [0.15, 0.2) is 24.3 Å². The molecule has 4 heteroatoms. The molecule has 0 amide bonds. The second-order valence-electron chi connectivity index (χ2n) is 4.55. The van der Waals surface area contributed by atoms with E-state index in [9.17, 15) is 4.79 Å². The zero-order chi connectivity index (χ0) is 12.0. The van der Waals surface area contributed by atoms with E-state index in [0.717, 1.165) is 22.2 Å². The summed E-state index contributed by atoms with van der Waals surface area (Å²) >= 11 is 0. The minimum Gasteiger partial charge on any atom is -0.480 e. The molecule has 2 atom stereocenters. The summed E-state index contributed by atoms with van der Waals surface area (Å²) in [5.74, 6) is -0.784. The molecule has 0 fully saturated rings. The third-order valence-corrected chi connectivity index (χ3v) is 3.44. The molecule has 1 aliphatic rings. The van der Waals surface area contributed by atoms with Crippen molar-refractivity contribution in [3.05, 3.63) is 35.5 Å². The quantitative estimate of drug-likeness (QED) is 0.700. The van der Waals surface area contributed by atoms with E-state index in [2.05, 4.69) is 10.3 Å². The van der Waals surface area contributed by atoms with Crippen LogP contribution >= 0.6 is 0 Å². The minimum atomic E-state index is -0.784. The predicted molar refractivity (Wildman–Crippen MR) is 65.0 cm³/mol. The molecule has 1 aliphatic heterocycles. The number of carbonyl (C=O) groups is 1. The Kier molecular flexibility index (Phi) is 2.19. The van der Waals surface area contributed by atoms with Crippen LogP contribution in [0.1, 0.15) is 24.2 Å². The fraction of sp³-hybridized carbons (Fsp3) is 0.308. The highest BCUT2D eigenvalue weighted by Gasteiger charge is 2.30. The summed E-state index contributed by atoms with van der Waals surface area (Å²) in [5, 5.41) is 13.4. The van der Waals surface area contributed by atoms with Gasteiger partial charge in [-0.15, -0.1) is 0 Å². The maximum atomic E-state index is 11.1. The standard InChI is InChI=1S/C13H14N2O2/c1-7-12-9(6-11(14-7)13(16)17)8-4-2-3-5-10(8)15-12/h2-5,7,11,14-15H,6H2,1H3,(H,16,17)/t7-,11?/m1/s1. The Morgan fingerprint density at radius 2 is 2.18 bits per heavy atom. The van der Waals surface area contributed by atoms with Crippen LogP contribution in [0.25, 0.3) is 10.9 Å². The van der Waals surface area contributed by atoms with Gasteiger partial charge in [0.05, 0.1) is 0 Å². The number of aliphatic carboxylic acids is 1. The summed E-state index contributed by atoms with van der Waals surface area (Å²) in [7, 11) is 0. The second-order valence-corrected chi connectivity index (χ2v) is 4.55. The highest BCUT2D eigenvalue weighted by atomic mass is 16.4. The van der Waals surface area contributed by atoms with Gasteiger partial charge in [0.1, 0.15) is 6.04 Å². The van der Waals surface area contributed by atoms with E-state index in [0.29, 0.717) is 6.42 Å². The van der Waals surface area contributed by atoms with Crippen LogP contribution in [-0.2, 0) is 11.2 Å². The number of H-pyrrole nitrogens is 1. The first-order valence-electron chi connectivity index (χ1n) is 5.75. The molecular weight excluding hydrogens is 216 g/mol. The molecule has 0 saturated carbocycles. The zero-order valence-corrected chi connectivity index (χ0v) is 9.53. The van der Waals surface area contributed by atoms with Gasteiger partial charge in [-0.05, 0) is 18.6 Å². The van der Waals surface area contributed by atoms with Gasteiger partial charge in [-0.1, -0.05) is 18.2 Å². The van der Waals surface area contributed by atoms with Gasteiger partial charge >= 0.3 is 5.97 Å². The number of aromatic amines is 1. The van der Waals surface area contributed by atoms with E-state index >= 15 is 0 Å². The van der Waals surface area contributed by atoms with E-state index in [1.165, 1.54) is 0 Å². The Labute approximate surface area is 98.6 Å². The van der Waals surface area contributed by atoms with Gasteiger partial charge in [0, 0.05) is 29.1 Å². The van der Waals surface area contributed by atoms with Crippen molar-refractivity contribution in [3.8, 4) is 0 Å². The first kappa shape index (κ1) is 10.4. The molecule has 2 aromatic rings. The maximum Gasteiger partial charge on any atom is 0.321 e. The van der Waals surface area contributed by atoms with Crippen molar-refractivity contribution in [1.82, 2.24) is 10.3 Å². The number of fused-ring (bicyclic) bond motifs is 3. The highest BCUT2D eigenvalue weighted by molar-refractivity contribution is 5.86. The molecule has 0 spiro atoms. The third kappa shape index (κ3) is 1.52. The van der Waals surface area contributed by atoms with Crippen LogP contribution in [0.3, 0.4) is 0 Å². The monoisotopic (exact) mass is 230 g/mol. The predicted octanol–water partition coefficient (Wildman–Crippen LogP) is 1.83. The van der Waals surface area contributed by atoms with Gasteiger partial charge in [-0.2, -0.15) is 0 Å². The van der Waals surface area contributed by atoms with Crippen LogP contribution in [0, 0.1) is 0 Å². The van der Waals surface area contributed by atoms with Crippen molar-refractivity contribution in [1.29, 1.82) is 0 Å². The molecule has 1 aromatic carbocycles. The van der Waals surface area contributed by atoms with Crippen molar-refractivity contribution in [2.45, 2.75) is 25.4 Å². The van der Waals surface area contributed by atoms with E-state index in [1.54, 1.807) is 0 Å². The van der Waals surface area contributed by atoms with Crippen LogP contribution in [0.2, 0.25) is 0 Å². The first-order chi connectivity index (χ1) is 8.16. The Balaban J connectivity index is 2.16. The van der Waals surface area contributed by atoms with E-state index in [4.69, 9.17) is 5.11 Å². The van der Waals surface area contributed by atoms with Gasteiger partial charge in [-0.3, -0.25) is 10.1 Å². The average molecular weight is 230 g/mol. The average Bonchev–Trinajstić information content (AvgIpc) is 2.68. The summed E-state index contributed by atoms with van der Waals surface area (Å²) in [6.45, 7) is 1.99. The van der Waals surface area contributed by atoms with E-state index < -0.39 is 12.0 Å². The van der Waals surface area contributed by atoms with Crippen LogP contribution in [0.4, 0.5) is 0 Å². The van der Waals surface area contributed by atoms with E-state index in [1.807, 2.05) is 31.2 Å². The molecule has 17 heavy (non-hydrogen) atoms. The summed E-state index contributed by atoms with van der Waals surface area (Å²) in [6.07, 6.45) is 0.541. The van der Waals surface area contributed by atoms with Gasteiger partial charge in [0.2, 0.25) is 0 Å². The van der Waals surface area contributed by atoms with E-state index in [-0.39, 0.29) is 6.04 Å². The molecule has 3 N–H and O–H groups in total. The lowest BCUT2D eigenvalue weighted by Gasteiger charge is -2.26. The number of benzene rings is 1. The molecule has 4 nitrogen and oxygen atoms in total. The van der Waals surface area contributed by atoms with Gasteiger partial charge in [0.25, 0.3) is 0 Å². The number of hydrogen-bond acceptors (Lipinski definition) is 2. The van der Waals surface area contributed by atoms with Crippen molar-refractivity contribution >= 4 is 16.9 Å². The fourth-order valence-electron chi connectivity index (χ4n) is 2.62. The zero-order valence-electron chi connectivity index (χ0n) is 9.53. The molecule has 2 heterocycles. The molecule has 3 rings (SSSR count). The highest BCUT2D eigenvalue weighted by Crippen LogP contribution is 2.31. The number of aromatic nitrogens is 1. The molecule has 0 bridgehead atoms. The largest absolute Gasteiger partial charge is 0.480 e. The fourth-order valence-corrected chi connectivity index (χ4v) is 2.62. The molecule has 0 aliphatic carbocycles. The Morgan fingerprint density at radius 1 is 1.41 bits per heavy atom. The van der Waals surface area contributed by atoms with Crippen molar-refractivity contribution in [2.75, 3.05) is 0 Å². The smallest absolute Gasteiger partial charge is 0.321 e. The van der Waals surface area contributed by atoms with Crippen molar-refractivity contribution < 1.29 is 9.90 Å². The summed E-state index contributed by atoms with van der Waals surface area (Å²) in [6, 6.07) is 7.59. The first-order valence-corrected chi connectivity index (χ1v) is 5.75. The van der Waals surface area contributed by atoms with Crippen molar-refractivity contribution in [2.24, 2.45) is 0 Å². The Bertz CT molecular complexity index is 588. The van der Waals surface area contributed by atoms with Crippen LogP contribution in [-0.4, -0.2) is 22.1 Å². The molecule has 0 saturated heterocycles. The number of rotatable bonds is 1.